The van der Waals surface area contributed by atoms with E-state index in [9.17, 15) is 9.59 Å². The molecule has 3 aromatic rings. The van der Waals surface area contributed by atoms with E-state index in [1.807, 2.05) is 61.5 Å². The fraction of sp³-hybridized carbons (Fsp3) is 0.250. The second kappa shape index (κ2) is 8.90. The summed E-state index contributed by atoms with van der Waals surface area (Å²) in [7, 11) is 0. The molecule has 0 radical (unpaired) electrons. The Balaban J connectivity index is 1.66. The number of carbonyl (C=O) groups is 2. The van der Waals surface area contributed by atoms with Gasteiger partial charge >= 0.3 is 5.97 Å². The molecule has 0 aliphatic rings. The number of aliphatic carboxylic acids is 1. The molecule has 0 saturated carbocycles. The molecular weight excluding hydrogens is 358 g/mol. The summed E-state index contributed by atoms with van der Waals surface area (Å²) in [5.74, 6) is -0.777. The maximum Gasteiger partial charge on any atom is 0.303 e. The topological polar surface area (TPSA) is 110 Å². The van der Waals surface area contributed by atoms with Gasteiger partial charge in [-0.05, 0) is 24.1 Å². The van der Waals surface area contributed by atoms with E-state index in [4.69, 9.17) is 5.11 Å². The van der Waals surface area contributed by atoms with E-state index in [1.165, 1.54) is 4.80 Å². The van der Waals surface area contributed by atoms with Crippen LogP contribution >= 0.6 is 0 Å². The summed E-state index contributed by atoms with van der Waals surface area (Å²) >= 11 is 0. The Morgan fingerprint density at radius 3 is 2.50 bits per heavy atom. The zero-order valence-electron chi connectivity index (χ0n) is 15.4. The minimum absolute atomic E-state index is 0.0427. The van der Waals surface area contributed by atoms with E-state index >= 15 is 0 Å². The number of aromatic nitrogens is 4. The van der Waals surface area contributed by atoms with Gasteiger partial charge in [0, 0.05) is 12.0 Å². The van der Waals surface area contributed by atoms with Crippen molar-refractivity contribution in [2.24, 2.45) is 0 Å². The molecule has 0 bridgehead atoms. The molecule has 1 atom stereocenters. The van der Waals surface area contributed by atoms with Crippen molar-refractivity contribution in [2.45, 2.75) is 32.4 Å². The van der Waals surface area contributed by atoms with Crippen molar-refractivity contribution in [1.29, 1.82) is 0 Å². The number of amides is 1. The monoisotopic (exact) mass is 379 g/mol. The van der Waals surface area contributed by atoms with E-state index in [-0.39, 0.29) is 18.9 Å². The van der Waals surface area contributed by atoms with Crippen LogP contribution in [0.4, 0.5) is 0 Å². The number of carboxylic acids is 1. The lowest BCUT2D eigenvalue weighted by atomic mass is 10.0. The molecule has 0 saturated heterocycles. The number of benzene rings is 2. The zero-order valence-corrected chi connectivity index (χ0v) is 15.4. The first kappa shape index (κ1) is 19.2. The van der Waals surface area contributed by atoms with Gasteiger partial charge in [0.25, 0.3) is 0 Å². The molecule has 0 spiro atoms. The molecule has 3 rings (SSSR count). The predicted molar refractivity (Wildman–Crippen MR) is 102 cm³/mol. The van der Waals surface area contributed by atoms with Crippen LogP contribution in [-0.2, 0) is 16.1 Å². The van der Waals surface area contributed by atoms with Gasteiger partial charge in [-0.25, -0.2) is 0 Å². The van der Waals surface area contributed by atoms with Crippen LogP contribution in [0.15, 0.2) is 54.6 Å². The van der Waals surface area contributed by atoms with Crippen molar-refractivity contribution in [3.8, 4) is 11.4 Å². The van der Waals surface area contributed by atoms with Gasteiger partial charge in [0.2, 0.25) is 11.7 Å². The maximum absolute atomic E-state index is 12.4. The van der Waals surface area contributed by atoms with Crippen LogP contribution in [0.5, 0.6) is 0 Å². The maximum atomic E-state index is 12.4. The highest BCUT2D eigenvalue weighted by Crippen LogP contribution is 2.18. The standard InChI is InChI=1S/C20H21N5O3/c1-14-7-9-16(10-8-14)20-22-24-25(23-20)13-18(26)21-17(11-12-19(27)28)15-5-3-2-4-6-15/h2-10,17H,11-13H2,1H3,(H,21,26)(H,27,28). The average Bonchev–Trinajstić information content (AvgIpc) is 3.14. The second-order valence-electron chi connectivity index (χ2n) is 6.47. The van der Waals surface area contributed by atoms with E-state index in [1.54, 1.807) is 0 Å². The highest BCUT2D eigenvalue weighted by molar-refractivity contribution is 5.76. The normalized spacial score (nSPS) is 11.8. The average molecular weight is 379 g/mol. The molecule has 1 heterocycles. The van der Waals surface area contributed by atoms with Crippen LogP contribution in [0, 0.1) is 6.92 Å². The molecule has 0 fully saturated rings. The number of hydrogen-bond donors (Lipinski definition) is 2. The van der Waals surface area contributed by atoms with Gasteiger partial charge in [-0.15, -0.1) is 10.2 Å². The molecule has 1 aromatic heterocycles. The Hall–Kier alpha value is -3.55. The quantitative estimate of drug-likeness (QED) is 0.622. The van der Waals surface area contributed by atoms with Crippen LogP contribution in [0.1, 0.15) is 30.0 Å². The van der Waals surface area contributed by atoms with Gasteiger partial charge in [0.15, 0.2) is 0 Å². The summed E-state index contributed by atoms with van der Waals surface area (Å²) in [4.78, 5) is 24.6. The molecular formula is C20H21N5O3. The third-order valence-corrected chi connectivity index (χ3v) is 4.23. The fourth-order valence-electron chi connectivity index (χ4n) is 2.77. The first-order chi connectivity index (χ1) is 13.5. The number of nitrogens with zero attached hydrogens (tertiary/aromatic N) is 4. The molecule has 2 aromatic carbocycles. The highest BCUT2D eigenvalue weighted by Gasteiger charge is 2.17. The number of carboxylic acid groups (broad SMARTS) is 1. The lowest BCUT2D eigenvalue weighted by Crippen LogP contribution is -2.32. The molecule has 1 amide bonds. The van der Waals surface area contributed by atoms with Crippen LogP contribution in [0.2, 0.25) is 0 Å². The predicted octanol–water partition coefficient (Wildman–Crippen LogP) is 2.37. The minimum atomic E-state index is -0.907. The Morgan fingerprint density at radius 2 is 1.82 bits per heavy atom. The lowest BCUT2D eigenvalue weighted by molar-refractivity contribution is -0.137. The van der Waals surface area contributed by atoms with Gasteiger partial charge in [-0.2, -0.15) is 4.80 Å². The smallest absolute Gasteiger partial charge is 0.303 e. The third-order valence-electron chi connectivity index (χ3n) is 4.23. The molecule has 0 aliphatic carbocycles. The van der Waals surface area contributed by atoms with E-state index < -0.39 is 12.0 Å². The van der Waals surface area contributed by atoms with Crippen LogP contribution < -0.4 is 5.32 Å². The number of nitrogens with one attached hydrogen (secondary N) is 1. The SMILES string of the molecule is Cc1ccc(-c2nnn(CC(=O)NC(CCC(=O)O)c3ccccc3)n2)cc1. The lowest BCUT2D eigenvalue weighted by Gasteiger charge is -2.18. The Bertz CT molecular complexity index is 938. The van der Waals surface area contributed by atoms with Crippen LogP contribution in [0.3, 0.4) is 0 Å². The van der Waals surface area contributed by atoms with Crippen molar-refractivity contribution in [3.63, 3.8) is 0 Å². The summed E-state index contributed by atoms with van der Waals surface area (Å²) < 4.78 is 0. The van der Waals surface area contributed by atoms with Crippen molar-refractivity contribution in [1.82, 2.24) is 25.5 Å². The molecule has 8 heteroatoms. The molecule has 144 valence electrons. The fourth-order valence-corrected chi connectivity index (χ4v) is 2.77. The summed E-state index contributed by atoms with van der Waals surface area (Å²) in [6.07, 6.45) is 0.253. The van der Waals surface area contributed by atoms with Gasteiger partial charge in [-0.1, -0.05) is 60.2 Å². The summed E-state index contributed by atoms with van der Waals surface area (Å²) in [5, 5.41) is 24.0. The largest absolute Gasteiger partial charge is 0.481 e. The van der Waals surface area contributed by atoms with Gasteiger partial charge < -0.3 is 10.4 Å². The van der Waals surface area contributed by atoms with Crippen LogP contribution in [0.25, 0.3) is 11.4 Å². The summed E-state index contributed by atoms with van der Waals surface area (Å²) in [6.45, 7) is 1.89. The van der Waals surface area contributed by atoms with E-state index in [0.717, 1.165) is 16.7 Å². The number of aryl methyl sites for hydroxylation is 1. The van der Waals surface area contributed by atoms with Gasteiger partial charge in [0.1, 0.15) is 6.54 Å². The van der Waals surface area contributed by atoms with Crippen molar-refractivity contribution < 1.29 is 14.7 Å². The number of tetrazole rings is 1. The molecule has 1 unspecified atom stereocenters. The van der Waals surface area contributed by atoms with Gasteiger partial charge in [-0.3, -0.25) is 9.59 Å². The third kappa shape index (κ3) is 5.23. The summed E-state index contributed by atoms with van der Waals surface area (Å²) in [6, 6.07) is 16.6. The Labute approximate surface area is 162 Å². The second-order valence-corrected chi connectivity index (χ2v) is 6.47. The molecule has 8 nitrogen and oxygen atoms in total. The Kier molecular flexibility index (Phi) is 6.11. The van der Waals surface area contributed by atoms with E-state index in [0.29, 0.717) is 12.2 Å². The van der Waals surface area contributed by atoms with Crippen LogP contribution in [-0.4, -0.2) is 37.2 Å². The zero-order chi connectivity index (χ0) is 19.9. The molecule has 2 N–H and O–H groups in total. The van der Waals surface area contributed by atoms with Crippen molar-refractivity contribution in [2.75, 3.05) is 0 Å². The Morgan fingerprint density at radius 1 is 1.11 bits per heavy atom. The first-order valence-corrected chi connectivity index (χ1v) is 8.92. The summed E-state index contributed by atoms with van der Waals surface area (Å²) in [5.41, 5.74) is 2.80. The number of rotatable bonds is 8. The number of carbonyl (C=O) groups excluding carboxylic acids is 1. The van der Waals surface area contributed by atoms with E-state index in [2.05, 4.69) is 20.7 Å². The van der Waals surface area contributed by atoms with Crippen molar-refractivity contribution >= 4 is 11.9 Å². The molecule has 0 aliphatic heterocycles. The molecule has 28 heavy (non-hydrogen) atoms. The first-order valence-electron chi connectivity index (χ1n) is 8.92. The highest BCUT2D eigenvalue weighted by atomic mass is 16.4. The number of hydrogen-bond acceptors (Lipinski definition) is 5. The van der Waals surface area contributed by atoms with Gasteiger partial charge in [0.05, 0.1) is 6.04 Å². The minimum Gasteiger partial charge on any atom is -0.481 e. The van der Waals surface area contributed by atoms with Crippen molar-refractivity contribution in [3.05, 3.63) is 65.7 Å².